The summed E-state index contributed by atoms with van der Waals surface area (Å²) in [6, 6.07) is 0.399. The molecule has 0 radical (unpaired) electrons. The van der Waals surface area contributed by atoms with Gasteiger partial charge in [0.1, 0.15) is 0 Å². The number of amides is 2. The lowest BCUT2D eigenvalue weighted by atomic mass is 9.88. The van der Waals surface area contributed by atoms with Gasteiger partial charge in [0.05, 0.1) is 0 Å². The Balaban J connectivity index is 2.12. The number of rotatable bonds is 6. The first-order valence-electron chi connectivity index (χ1n) is 5.78. The van der Waals surface area contributed by atoms with Crippen molar-refractivity contribution in [3.05, 3.63) is 0 Å². The van der Waals surface area contributed by atoms with Gasteiger partial charge in [-0.25, -0.2) is 4.79 Å². The summed E-state index contributed by atoms with van der Waals surface area (Å²) in [6.45, 7) is 5.74. The maximum absolute atomic E-state index is 11.4. The first kappa shape index (κ1) is 12.3. The van der Waals surface area contributed by atoms with Crippen LogP contribution < -0.4 is 16.4 Å². The fraction of sp³-hybridized carbons (Fsp3) is 0.909. The predicted molar refractivity (Wildman–Crippen MR) is 61.6 cm³/mol. The van der Waals surface area contributed by atoms with Crippen LogP contribution >= 0.6 is 0 Å². The van der Waals surface area contributed by atoms with Crippen molar-refractivity contribution in [3.63, 3.8) is 0 Å². The molecule has 0 spiro atoms. The van der Waals surface area contributed by atoms with Crippen LogP contribution in [0.5, 0.6) is 0 Å². The van der Waals surface area contributed by atoms with Crippen molar-refractivity contribution in [1.82, 2.24) is 10.6 Å². The van der Waals surface area contributed by atoms with E-state index in [1.165, 1.54) is 0 Å². The fourth-order valence-electron chi connectivity index (χ4n) is 1.45. The van der Waals surface area contributed by atoms with E-state index in [0.717, 1.165) is 32.2 Å². The molecule has 1 aliphatic carbocycles. The SMILES string of the molecule is CC(C)(CCCN)CNC(=O)NC1CC1. The van der Waals surface area contributed by atoms with Gasteiger partial charge >= 0.3 is 6.03 Å². The first-order valence-corrected chi connectivity index (χ1v) is 5.78. The van der Waals surface area contributed by atoms with E-state index >= 15 is 0 Å². The number of nitrogens with one attached hydrogen (secondary N) is 2. The summed E-state index contributed by atoms with van der Waals surface area (Å²) in [7, 11) is 0. The summed E-state index contributed by atoms with van der Waals surface area (Å²) in [5.41, 5.74) is 5.61. The highest BCUT2D eigenvalue weighted by molar-refractivity contribution is 5.74. The minimum Gasteiger partial charge on any atom is -0.338 e. The predicted octanol–water partition coefficient (Wildman–Crippen LogP) is 1.21. The average Bonchev–Trinajstić information content (AvgIpc) is 2.96. The Kier molecular flexibility index (Phi) is 4.39. The van der Waals surface area contributed by atoms with Crippen LogP contribution in [0.4, 0.5) is 4.79 Å². The molecular weight excluding hydrogens is 190 g/mol. The number of nitrogens with two attached hydrogens (primary N) is 1. The number of carbonyl (C=O) groups is 1. The molecule has 1 fully saturated rings. The first-order chi connectivity index (χ1) is 7.03. The lowest BCUT2D eigenvalue weighted by Gasteiger charge is -2.24. The molecule has 1 aliphatic rings. The fourth-order valence-corrected chi connectivity index (χ4v) is 1.45. The summed E-state index contributed by atoms with van der Waals surface area (Å²) >= 11 is 0. The van der Waals surface area contributed by atoms with Crippen molar-refractivity contribution in [1.29, 1.82) is 0 Å². The Morgan fingerprint density at radius 3 is 2.67 bits per heavy atom. The maximum Gasteiger partial charge on any atom is 0.315 e. The van der Waals surface area contributed by atoms with Crippen molar-refractivity contribution in [2.75, 3.05) is 13.1 Å². The Hall–Kier alpha value is -0.770. The average molecular weight is 213 g/mol. The third-order valence-corrected chi connectivity index (χ3v) is 2.70. The van der Waals surface area contributed by atoms with Gasteiger partial charge in [0.25, 0.3) is 0 Å². The van der Waals surface area contributed by atoms with Crippen molar-refractivity contribution in [2.24, 2.45) is 11.1 Å². The zero-order valence-electron chi connectivity index (χ0n) is 9.81. The monoisotopic (exact) mass is 213 g/mol. The molecule has 2 amide bonds. The van der Waals surface area contributed by atoms with Gasteiger partial charge in [-0.05, 0) is 37.6 Å². The third-order valence-electron chi connectivity index (χ3n) is 2.70. The summed E-state index contributed by atoms with van der Waals surface area (Å²) in [5, 5.41) is 5.82. The van der Waals surface area contributed by atoms with Crippen LogP contribution in [0.2, 0.25) is 0 Å². The van der Waals surface area contributed by atoms with Crippen LogP contribution in [0.3, 0.4) is 0 Å². The summed E-state index contributed by atoms with van der Waals surface area (Å²) in [6.07, 6.45) is 4.32. The quantitative estimate of drug-likeness (QED) is 0.621. The number of urea groups is 1. The topological polar surface area (TPSA) is 67.1 Å². The van der Waals surface area contributed by atoms with Gasteiger partial charge in [-0.3, -0.25) is 0 Å². The minimum atomic E-state index is -0.0293. The molecule has 0 aromatic heterocycles. The van der Waals surface area contributed by atoms with Crippen LogP contribution in [0.25, 0.3) is 0 Å². The Morgan fingerprint density at radius 1 is 1.47 bits per heavy atom. The number of carbonyl (C=O) groups excluding carboxylic acids is 1. The van der Waals surface area contributed by atoms with Crippen LogP contribution in [0.1, 0.15) is 39.5 Å². The van der Waals surface area contributed by atoms with Crippen molar-refractivity contribution in [2.45, 2.75) is 45.6 Å². The lowest BCUT2D eigenvalue weighted by Crippen LogP contribution is -2.41. The smallest absolute Gasteiger partial charge is 0.315 e. The molecule has 4 N–H and O–H groups in total. The molecule has 0 aromatic rings. The van der Waals surface area contributed by atoms with Gasteiger partial charge in [0, 0.05) is 12.6 Å². The zero-order valence-corrected chi connectivity index (χ0v) is 9.81. The second-order valence-corrected chi connectivity index (χ2v) is 5.16. The normalized spacial score (nSPS) is 16.2. The zero-order chi connectivity index (χ0) is 11.3. The van der Waals surface area contributed by atoms with Crippen molar-refractivity contribution >= 4 is 6.03 Å². The lowest BCUT2D eigenvalue weighted by molar-refractivity contribution is 0.231. The van der Waals surface area contributed by atoms with Gasteiger partial charge in [-0.1, -0.05) is 13.8 Å². The second-order valence-electron chi connectivity index (χ2n) is 5.16. The molecule has 15 heavy (non-hydrogen) atoms. The Labute approximate surface area is 92.0 Å². The van der Waals surface area contributed by atoms with Crippen LogP contribution in [0, 0.1) is 5.41 Å². The van der Waals surface area contributed by atoms with Crippen LogP contribution in [-0.4, -0.2) is 25.2 Å². The van der Waals surface area contributed by atoms with Crippen molar-refractivity contribution < 1.29 is 4.79 Å². The molecule has 0 saturated heterocycles. The van der Waals surface area contributed by atoms with Gasteiger partial charge < -0.3 is 16.4 Å². The highest BCUT2D eigenvalue weighted by atomic mass is 16.2. The second kappa shape index (κ2) is 5.35. The van der Waals surface area contributed by atoms with Crippen molar-refractivity contribution in [3.8, 4) is 0 Å². The van der Waals surface area contributed by atoms with Gasteiger partial charge in [-0.2, -0.15) is 0 Å². The molecule has 1 saturated carbocycles. The highest BCUT2D eigenvalue weighted by Gasteiger charge is 2.24. The molecule has 0 unspecified atom stereocenters. The molecule has 0 heterocycles. The van der Waals surface area contributed by atoms with E-state index in [-0.39, 0.29) is 11.4 Å². The van der Waals surface area contributed by atoms with E-state index in [2.05, 4.69) is 24.5 Å². The van der Waals surface area contributed by atoms with E-state index in [9.17, 15) is 4.79 Å². The minimum absolute atomic E-state index is 0.0293. The number of hydrogen-bond donors (Lipinski definition) is 3. The molecule has 0 aliphatic heterocycles. The summed E-state index contributed by atoms with van der Waals surface area (Å²) in [4.78, 5) is 11.4. The van der Waals surface area contributed by atoms with Gasteiger partial charge in [-0.15, -0.1) is 0 Å². The third kappa shape index (κ3) is 5.62. The molecule has 88 valence electrons. The van der Waals surface area contributed by atoms with Crippen LogP contribution in [-0.2, 0) is 0 Å². The largest absolute Gasteiger partial charge is 0.338 e. The van der Waals surface area contributed by atoms with E-state index in [0.29, 0.717) is 12.6 Å². The van der Waals surface area contributed by atoms with Gasteiger partial charge in [0.2, 0.25) is 0 Å². The molecule has 4 nitrogen and oxygen atoms in total. The Bertz CT molecular complexity index is 212. The molecular formula is C11H23N3O. The summed E-state index contributed by atoms with van der Waals surface area (Å²) in [5.74, 6) is 0. The van der Waals surface area contributed by atoms with Gasteiger partial charge in [0.15, 0.2) is 0 Å². The summed E-state index contributed by atoms with van der Waals surface area (Å²) < 4.78 is 0. The molecule has 0 aromatic carbocycles. The molecule has 4 heteroatoms. The van der Waals surface area contributed by atoms with E-state index in [4.69, 9.17) is 5.73 Å². The maximum atomic E-state index is 11.4. The standard InChI is InChI=1S/C11H23N3O/c1-11(2,6-3-7-12)8-13-10(15)14-9-4-5-9/h9H,3-8,12H2,1-2H3,(H2,13,14,15). The molecule has 1 rings (SSSR count). The van der Waals surface area contributed by atoms with E-state index in [1.807, 2.05) is 0 Å². The molecule has 0 bridgehead atoms. The van der Waals surface area contributed by atoms with E-state index in [1.54, 1.807) is 0 Å². The highest BCUT2D eigenvalue weighted by Crippen LogP contribution is 2.21. The van der Waals surface area contributed by atoms with E-state index < -0.39 is 0 Å². The van der Waals surface area contributed by atoms with Crippen LogP contribution in [0.15, 0.2) is 0 Å². The molecule has 0 atom stereocenters. The Morgan fingerprint density at radius 2 is 2.13 bits per heavy atom. The number of hydrogen-bond acceptors (Lipinski definition) is 2.